The standard InChI is InChI=1S/C7H8N2/c1-3-4-5-7(6-8)9-2/h3-5H,2H2,1H3/b4-3-,7-5-. The van der Waals surface area contributed by atoms with Crippen molar-refractivity contribution in [1.82, 2.24) is 0 Å². The average molecular weight is 120 g/mol. The van der Waals surface area contributed by atoms with Gasteiger partial charge in [0.15, 0.2) is 0 Å². The fourth-order valence-electron chi connectivity index (χ4n) is 0.313. The third kappa shape index (κ3) is 3.24. The predicted molar refractivity (Wildman–Crippen MR) is 38.1 cm³/mol. The van der Waals surface area contributed by atoms with E-state index in [9.17, 15) is 0 Å². The van der Waals surface area contributed by atoms with Gasteiger partial charge in [-0.15, -0.1) is 0 Å². The van der Waals surface area contributed by atoms with Crippen LogP contribution in [0.15, 0.2) is 28.9 Å². The Balaban J connectivity index is 4.12. The van der Waals surface area contributed by atoms with Crippen LogP contribution in [0.3, 0.4) is 0 Å². The summed E-state index contributed by atoms with van der Waals surface area (Å²) in [7, 11) is 0. The van der Waals surface area contributed by atoms with E-state index in [1.54, 1.807) is 12.2 Å². The second-order valence-electron chi connectivity index (χ2n) is 1.35. The summed E-state index contributed by atoms with van der Waals surface area (Å²) >= 11 is 0. The molecular weight excluding hydrogens is 112 g/mol. The molecule has 0 saturated carbocycles. The van der Waals surface area contributed by atoms with Crippen LogP contribution in [0.1, 0.15) is 6.92 Å². The quantitative estimate of drug-likeness (QED) is 0.310. The minimum atomic E-state index is 0.341. The molecule has 9 heavy (non-hydrogen) atoms. The van der Waals surface area contributed by atoms with Crippen LogP contribution in [-0.2, 0) is 0 Å². The van der Waals surface area contributed by atoms with Crippen LogP contribution < -0.4 is 0 Å². The Hall–Kier alpha value is -1.36. The maximum absolute atomic E-state index is 8.27. The molecule has 0 fully saturated rings. The van der Waals surface area contributed by atoms with E-state index in [1.807, 2.05) is 19.1 Å². The van der Waals surface area contributed by atoms with Crippen molar-refractivity contribution in [2.75, 3.05) is 0 Å². The lowest BCUT2D eigenvalue weighted by molar-refractivity contribution is 1.40. The Morgan fingerprint density at radius 3 is 2.78 bits per heavy atom. The highest BCUT2D eigenvalue weighted by atomic mass is 14.7. The van der Waals surface area contributed by atoms with Crippen LogP contribution in [-0.4, -0.2) is 6.72 Å². The molecule has 0 atom stereocenters. The minimum Gasteiger partial charge on any atom is -0.253 e. The summed E-state index contributed by atoms with van der Waals surface area (Å²) in [5.74, 6) is 0. The van der Waals surface area contributed by atoms with Crippen molar-refractivity contribution in [3.63, 3.8) is 0 Å². The Morgan fingerprint density at radius 2 is 2.44 bits per heavy atom. The lowest BCUT2D eigenvalue weighted by atomic mass is 10.4. The summed E-state index contributed by atoms with van der Waals surface area (Å²) in [5.41, 5.74) is 0.341. The van der Waals surface area contributed by atoms with Crippen molar-refractivity contribution in [3.8, 4) is 6.07 Å². The van der Waals surface area contributed by atoms with Gasteiger partial charge in [0.1, 0.15) is 11.8 Å². The van der Waals surface area contributed by atoms with Gasteiger partial charge in [-0.1, -0.05) is 12.2 Å². The zero-order chi connectivity index (χ0) is 7.11. The fourth-order valence-corrected chi connectivity index (χ4v) is 0.313. The highest BCUT2D eigenvalue weighted by Crippen LogP contribution is 1.91. The molecule has 2 nitrogen and oxygen atoms in total. The van der Waals surface area contributed by atoms with Gasteiger partial charge in [-0.05, 0) is 19.7 Å². The van der Waals surface area contributed by atoms with Gasteiger partial charge in [0.05, 0.1) is 0 Å². The molecule has 0 amide bonds. The van der Waals surface area contributed by atoms with Crippen LogP contribution in [0.2, 0.25) is 0 Å². The molecule has 0 saturated heterocycles. The van der Waals surface area contributed by atoms with E-state index in [-0.39, 0.29) is 0 Å². The van der Waals surface area contributed by atoms with E-state index in [0.717, 1.165) is 0 Å². The first-order chi connectivity index (χ1) is 4.35. The Bertz CT molecular complexity index is 182. The second kappa shape index (κ2) is 4.79. The number of rotatable bonds is 2. The van der Waals surface area contributed by atoms with Crippen molar-refractivity contribution < 1.29 is 0 Å². The fraction of sp³-hybridized carbons (Fsp3) is 0.143. The van der Waals surface area contributed by atoms with Crippen molar-refractivity contribution in [1.29, 1.82) is 5.26 Å². The highest BCUT2D eigenvalue weighted by molar-refractivity contribution is 5.35. The monoisotopic (exact) mass is 120 g/mol. The van der Waals surface area contributed by atoms with E-state index in [2.05, 4.69) is 11.7 Å². The van der Waals surface area contributed by atoms with Crippen molar-refractivity contribution >= 4 is 6.72 Å². The number of hydrogen-bond acceptors (Lipinski definition) is 2. The SMILES string of the molecule is C=N/C(C#N)=C\C=C/C. The number of nitrogens with zero attached hydrogens (tertiary/aromatic N) is 2. The lowest BCUT2D eigenvalue weighted by Gasteiger charge is -1.78. The summed E-state index contributed by atoms with van der Waals surface area (Å²) < 4.78 is 0. The van der Waals surface area contributed by atoms with Gasteiger partial charge in [0.25, 0.3) is 0 Å². The highest BCUT2D eigenvalue weighted by Gasteiger charge is 1.80. The molecule has 0 N–H and O–H groups in total. The second-order valence-corrected chi connectivity index (χ2v) is 1.35. The van der Waals surface area contributed by atoms with Crippen LogP contribution in [0, 0.1) is 11.3 Å². The average Bonchev–Trinajstić information content (AvgIpc) is 1.91. The zero-order valence-corrected chi connectivity index (χ0v) is 5.33. The number of hydrogen-bond donors (Lipinski definition) is 0. The van der Waals surface area contributed by atoms with Gasteiger partial charge >= 0.3 is 0 Å². The van der Waals surface area contributed by atoms with Gasteiger partial charge in [-0.3, -0.25) is 4.99 Å². The molecule has 46 valence electrons. The molecule has 2 heteroatoms. The first kappa shape index (κ1) is 7.64. The normalized spacial score (nSPS) is 11.3. The predicted octanol–water partition coefficient (Wildman–Crippen LogP) is 1.67. The van der Waals surface area contributed by atoms with Gasteiger partial charge in [-0.25, -0.2) is 0 Å². The van der Waals surface area contributed by atoms with Crippen molar-refractivity contribution in [3.05, 3.63) is 23.9 Å². The number of allylic oxidation sites excluding steroid dienone is 4. The molecule has 0 heterocycles. The topological polar surface area (TPSA) is 36.1 Å². The van der Waals surface area contributed by atoms with E-state index in [1.165, 1.54) is 0 Å². The van der Waals surface area contributed by atoms with Crippen LogP contribution in [0.4, 0.5) is 0 Å². The van der Waals surface area contributed by atoms with E-state index in [0.29, 0.717) is 5.70 Å². The van der Waals surface area contributed by atoms with E-state index >= 15 is 0 Å². The maximum Gasteiger partial charge on any atom is 0.139 e. The summed E-state index contributed by atoms with van der Waals surface area (Å²) in [4.78, 5) is 3.44. The Kier molecular flexibility index (Phi) is 4.07. The van der Waals surface area contributed by atoms with Crippen LogP contribution >= 0.6 is 0 Å². The third-order valence-corrected chi connectivity index (χ3v) is 0.731. The Labute approximate surface area is 54.8 Å². The number of aliphatic imine (C=N–C) groups is 1. The van der Waals surface area contributed by atoms with Gasteiger partial charge in [0.2, 0.25) is 0 Å². The zero-order valence-electron chi connectivity index (χ0n) is 5.33. The molecule has 0 unspecified atom stereocenters. The molecule has 0 spiro atoms. The Morgan fingerprint density at radius 1 is 1.78 bits per heavy atom. The molecule has 0 aliphatic heterocycles. The van der Waals surface area contributed by atoms with Crippen molar-refractivity contribution in [2.45, 2.75) is 6.92 Å². The van der Waals surface area contributed by atoms with Gasteiger partial charge in [-0.2, -0.15) is 5.26 Å². The first-order valence-corrected chi connectivity index (χ1v) is 2.55. The molecule has 0 radical (unpaired) electrons. The molecule has 0 aromatic heterocycles. The van der Waals surface area contributed by atoms with Crippen LogP contribution in [0.25, 0.3) is 0 Å². The molecule has 0 aromatic rings. The van der Waals surface area contributed by atoms with E-state index < -0.39 is 0 Å². The molecule has 0 rings (SSSR count). The van der Waals surface area contributed by atoms with Gasteiger partial charge in [0, 0.05) is 0 Å². The number of nitriles is 1. The minimum absolute atomic E-state index is 0.341. The molecule has 0 aliphatic carbocycles. The lowest BCUT2D eigenvalue weighted by Crippen LogP contribution is -1.66. The van der Waals surface area contributed by atoms with Crippen molar-refractivity contribution in [2.24, 2.45) is 4.99 Å². The summed E-state index contributed by atoms with van der Waals surface area (Å²) in [6.07, 6.45) is 5.17. The third-order valence-electron chi connectivity index (χ3n) is 0.731. The van der Waals surface area contributed by atoms with E-state index in [4.69, 9.17) is 5.26 Å². The summed E-state index contributed by atoms with van der Waals surface area (Å²) in [6, 6.07) is 1.87. The summed E-state index contributed by atoms with van der Waals surface area (Å²) in [5, 5.41) is 8.27. The van der Waals surface area contributed by atoms with Crippen LogP contribution in [0.5, 0.6) is 0 Å². The first-order valence-electron chi connectivity index (χ1n) is 2.55. The molecular formula is C7H8N2. The molecule has 0 aromatic carbocycles. The smallest absolute Gasteiger partial charge is 0.139 e. The molecule has 0 aliphatic rings. The summed E-state index contributed by atoms with van der Waals surface area (Å²) in [6.45, 7) is 5.08. The van der Waals surface area contributed by atoms with Gasteiger partial charge < -0.3 is 0 Å². The molecule has 0 bridgehead atoms. The maximum atomic E-state index is 8.27. The largest absolute Gasteiger partial charge is 0.253 e.